The van der Waals surface area contributed by atoms with Crippen LogP contribution < -0.4 is 5.32 Å². The van der Waals surface area contributed by atoms with Gasteiger partial charge in [-0.05, 0) is 17.7 Å². The van der Waals surface area contributed by atoms with Crippen LogP contribution in [0.5, 0.6) is 0 Å². The number of nitrogens with one attached hydrogen (secondary N) is 1. The number of hydrogen-bond acceptors (Lipinski definition) is 3. The van der Waals surface area contributed by atoms with E-state index in [-0.39, 0.29) is 0 Å². The summed E-state index contributed by atoms with van der Waals surface area (Å²) in [6, 6.07) is 1.99. The van der Waals surface area contributed by atoms with Gasteiger partial charge in [-0.15, -0.1) is 0 Å². The lowest BCUT2D eigenvalue weighted by Gasteiger charge is -2.05. The van der Waals surface area contributed by atoms with Crippen LogP contribution in [0.4, 0.5) is 0 Å². The molecule has 3 heteroatoms. The quantitative estimate of drug-likeness (QED) is 0.705. The molecule has 0 saturated carbocycles. The van der Waals surface area contributed by atoms with Crippen LogP contribution in [-0.4, -0.2) is 18.1 Å². The van der Waals surface area contributed by atoms with Crippen LogP contribution in [-0.2, 0) is 6.54 Å². The molecule has 1 rings (SSSR count). The van der Waals surface area contributed by atoms with E-state index in [4.69, 9.17) is 4.42 Å². The van der Waals surface area contributed by atoms with Crippen molar-refractivity contribution in [3.05, 3.63) is 24.2 Å². The second-order valence-electron chi connectivity index (χ2n) is 3.78. The maximum absolute atomic E-state index is 4.98. The van der Waals surface area contributed by atoms with E-state index in [1.807, 2.05) is 17.8 Å². The van der Waals surface area contributed by atoms with Crippen LogP contribution in [0.1, 0.15) is 19.4 Å². The SMILES string of the molecule is CC(C)CSCCNCc1ccoc1. The van der Waals surface area contributed by atoms with E-state index < -0.39 is 0 Å². The Hall–Kier alpha value is -0.410. The van der Waals surface area contributed by atoms with Crippen molar-refractivity contribution in [2.24, 2.45) is 5.92 Å². The van der Waals surface area contributed by atoms with E-state index in [0.29, 0.717) is 0 Å². The number of hydrogen-bond donors (Lipinski definition) is 1. The Bertz CT molecular complexity index is 221. The highest BCUT2D eigenvalue weighted by Crippen LogP contribution is 2.06. The Morgan fingerprint density at radius 1 is 1.50 bits per heavy atom. The first-order valence-electron chi connectivity index (χ1n) is 5.08. The average Bonchev–Trinajstić information content (AvgIpc) is 2.63. The van der Waals surface area contributed by atoms with Crippen molar-refractivity contribution in [1.82, 2.24) is 5.32 Å². The van der Waals surface area contributed by atoms with Crippen LogP contribution in [0.2, 0.25) is 0 Å². The Labute approximate surface area is 90.5 Å². The summed E-state index contributed by atoms with van der Waals surface area (Å²) >= 11 is 2.01. The molecule has 0 amide bonds. The van der Waals surface area contributed by atoms with Gasteiger partial charge in [-0.3, -0.25) is 0 Å². The van der Waals surface area contributed by atoms with Crippen molar-refractivity contribution < 1.29 is 4.42 Å². The Balaban J connectivity index is 1.90. The van der Waals surface area contributed by atoms with Crippen LogP contribution in [0, 0.1) is 5.92 Å². The van der Waals surface area contributed by atoms with E-state index in [1.54, 1.807) is 12.5 Å². The van der Waals surface area contributed by atoms with Gasteiger partial charge in [-0.25, -0.2) is 0 Å². The summed E-state index contributed by atoms with van der Waals surface area (Å²) in [5.74, 6) is 3.25. The molecule has 1 aromatic heterocycles. The third-order valence-corrected chi connectivity index (χ3v) is 3.18. The Morgan fingerprint density at radius 2 is 2.36 bits per heavy atom. The molecule has 0 radical (unpaired) electrons. The van der Waals surface area contributed by atoms with Gasteiger partial charge in [0.2, 0.25) is 0 Å². The predicted molar refractivity (Wildman–Crippen MR) is 62.6 cm³/mol. The first-order chi connectivity index (χ1) is 6.79. The second-order valence-corrected chi connectivity index (χ2v) is 4.93. The first kappa shape index (κ1) is 11.7. The molecule has 14 heavy (non-hydrogen) atoms. The van der Waals surface area contributed by atoms with Crippen LogP contribution in [0.15, 0.2) is 23.0 Å². The van der Waals surface area contributed by atoms with Gasteiger partial charge in [0.15, 0.2) is 0 Å². The molecular weight excluding hydrogens is 194 g/mol. The summed E-state index contributed by atoms with van der Waals surface area (Å²) in [6.45, 7) is 6.50. The van der Waals surface area contributed by atoms with E-state index in [9.17, 15) is 0 Å². The fourth-order valence-electron chi connectivity index (χ4n) is 1.09. The average molecular weight is 213 g/mol. The minimum atomic E-state index is 0.800. The molecule has 0 spiro atoms. The first-order valence-corrected chi connectivity index (χ1v) is 6.24. The molecule has 0 bridgehead atoms. The predicted octanol–water partition coefficient (Wildman–Crippen LogP) is 2.76. The summed E-state index contributed by atoms with van der Waals surface area (Å²) < 4.78 is 4.98. The summed E-state index contributed by atoms with van der Waals surface area (Å²) in [6.07, 6.45) is 3.50. The highest BCUT2D eigenvalue weighted by Gasteiger charge is 1.95. The van der Waals surface area contributed by atoms with Gasteiger partial charge in [0.1, 0.15) is 0 Å². The summed E-state index contributed by atoms with van der Waals surface area (Å²) in [4.78, 5) is 0. The zero-order valence-electron chi connectivity index (χ0n) is 8.95. The maximum atomic E-state index is 4.98. The van der Waals surface area contributed by atoms with Crippen molar-refractivity contribution in [2.75, 3.05) is 18.1 Å². The molecule has 0 aliphatic carbocycles. The topological polar surface area (TPSA) is 25.2 Å². The van der Waals surface area contributed by atoms with Crippen molar-refractivity contribution in [3.8, 4) is 0 Å². The third-order valence-electron chi connectivity index (χ3n) is 1.78. The molecule has 1 aromatic rings. The molecule has 0 unspecified atom stereocenters. The van der Waals surface area contributed by atoms with Crippen molar-refractivity contribution in [2.45, 2.75) is 20.4 Å². The molecule has 0 fully saturated rings. The lowest BCUT2D eigenvalue weighted by Crippen LogP contribution is -2.16. The van der Waals surface area contributed by atoms with Crippen LogP contribution in [0.3, 0.4) is 0 Å². The standard InChI is InChI=1S/C11H19NOS/c1-10(2)9-14-6-4-12-7-11-3-5-13-8-11/h3,5,8,10,12H,4,6-7,9H2,1-2H3. The smallest absolute Gasteiger partial charge is 0.0947 e. The minimum Gasteiger partial charge on any atom is -0.472 e. The summed E-state index contributed by atoms with van der Waals surface area (Å²) in [7, 11) is 0. The largest absolute Gasteiger partial charge is 0.472 e. The zero-order valence-corrected chi connectivity index (χ0v) is 9.77. The highest BCUT2D eigenvalue weighted by molar-refractivity contribution is 7.99. The van der Waals surface area contributed by atoms with Crippen LogP contribution in [0.25, 0.3) is 0 Å². The molecule has 2 nitrogen and oxygen atoms in total. The summed E-state index contributed by atoms with van der Waals surface area (Å²) in [5.41, 5.74) is 1.22. The fraction of sp³-hybridized carbons (Fsp3) is 0.636. The molecule has 0 aromatic carbocycles. The van der Waals surface area contributed by atoms with E-state index in [1.165, 1.54) is 17.1 Å². The fourth-order valence-corrected chi connectivity index (χ4v) is 2.02. The van der Waals surface area contributed by atoms with Gasteiger partial charge < -0.3 is 9.73 Å². The number of rotatable bonds is 7. The zero-order chi connectivity index (χ0) is 10.2. The highest BCUT2D eigenvalue weighted by atomic mass is 32.2. The lowest BCUT2D eigenvalue weighted by atomic mass is 10.3. The molecule has 1 heterocycles. The number of furan rings is 1. The molecule has 0 saturated heterocycles. The van der Waals surface area contributed by atoms with Gasteiger partial charge in [0, 0.05) is 24.4 Å². The third kappa shape index (κ3) is 5.35. The number of thioether (sulfide) groups is 1. The molecule has 0 aliphatic rings. The van der Waals surface area contributed by atoms with Gasteiger partial charge >= 0.3 is 0 Å². The van der Waals surface area contributed by atoms with Gasteiger partial charge in [0.25, 0.3) is 0 Å². The molecular formula is C11H19NOS. The monoisotopic (exact) mass is 213 g/mol. The van der Waals surface area contributed by atoms with Crippen molar-refractivity contribution >= 4 is 11.8 Å². The second kappa shape index (κ2) is 6.96. The van der Waals surface area contributed by atoms with E-state index in [2.05, 4.69) is 19.2 Å². The van der Waals surface area contributed by atoms with E-state index >= 15 is 0 Å². The maximum Gasteiger partial charge on any atom is 0.0947 e. The summed E-state index contributed by atoms with van der Waals surface area (Å²) in [5, 5.41) is 3.38. The van der Waals surface area contributed by atoms with Gasteiger partial charge in [-0.1, -0.05) is 13.8 Å². The van der Waals surface area contributed by atoms with Crippen LogP contribution >= 0.6 is 11.8 Å². The molecule has 0 atom stereocenters. The molecule has 1 N–H and O–H groups in total. The van der Waals surface area contributed by atoms with E-state index in [0.717, 1.165) is 19.0 Å². The Kier molecular flexibility index (Phi) is 5.80. The molecule has 0 aliphatic heterocycles. The lowest BCUT2D eigenvalue weighted by molar-refractivity contribution is 0.561. The van der Waals surface area contributed by atoms with Gasteiger partial charge in [0.05, 0.1) is 12.5 Å². The molecule has 80 valence electrons. The van der Waals surface area contributed by atoms with Crippen molar-refractivity contribution in [1.29, 1.82) is 0 Å². The Morgan fingerprint density at radius 3 is 3.00 bits per heavy atom. The normalized spacial score (nSPS) is 11.1. The van der Waals surface area contributed by atoms with Crippen molar-refractivity contribution in [3.63, 3.8) is 0 Å². The van der Waals surface area contributed by atoms with Gasteiger partial charge in [-0.2, -0.15) is 11.8 Å². The minimum absolute atomic E-state index is 0.800.